The number of methoxy groups -OCH3 is 1. The highest BCUT2D eigenvalue weighted by Crippen LogP contribution is 2.14. The maximum Gasteiger partial charge on any atom is 0.289 e. The Balaban J connectivity index is 2.74. The fourth-order valence-electron chi connectivity index (χ4n) is 1.83. The number of carbonyl (C=O) groups excluding carboxylic acids is 1. The predicted molar refractivity (Wildman–Crippen MR) is 70.2 cm³/mol. The van der Waals surface area contributed by atoms with Crippen molar-refractivity contribution in [3.8, 4) is 17.5 Å². The van der Waals surface area contributed by atoms with Crippen LogP contribution in [0.15, 0.2) is 29.1 Å². The summed E-state index contributed by atoms with van der Waals surface area (Å²) in [5.41, 5.74) is -1.10. The molecule has 0 N–H and O–H groups in total. The highest BCUT2D eigenvalue weighted by molar-refractivity contribution is 5.85. The number of carboxylic acid groups (broad SMARTS) is 1. The van der Waals surface area contributed by atoms with Crippen molar-refractivity contribution >= 4 is 5.97 Å². The van der Waals surface area contributed by atoms with Crippen molar-refractivity contribution in [3.63, 3.8) is 0 Å². The minimum Gasteiger partial charge on any atom is -0.543 e. The van der Waals surface area contributed by atoms with Crippen LogP contribution in [0, 0.1) is 18.3 Å². The molecule has 0 fully saturated rings. The van der Waals surface area contributed by atoms with Crippen molar-refractivity contribution in [3.05, 3.63) is 51.4 Å². The van der Waals surface area contributed by atoms with Gasteiger partial charge in [0.2, 0.25) is 0 Å². The summed E-state index contributed by atoms with van der Waals surface area (Å²) in [4.78, 5) is 23.3. The number of hydrogen-bond donors (Lipinski definition) is 0. The molecule has 0 saturated heterocycles. The second-order valence-electron chi connectivity index (χ2n) is 4.16. The molecule has 0 radical (unpaired) electrons. The van der Waals surface area contributed by atoms with E-state index in [4.69, 9.17) is 10.00 Å². The van der Waals surface area contributed by atoms with E-state index in [9.17, 15) is 14.7 Å². The standard InChI is InChI=1S/C14H11N3O4/c1-8-11(7-15)13(18)17(16-12(8)14(19)20)9-3-5-10(21-2)6-4-9/h3-6H,1-2H3,(H,19,20)/p-1. The molecule has 1 heterocycles. The molecule has 0 aliphatic carbocycles. The van der Waals surface area contributed by atoms with Crippen molar-refractivity contribution in [2.24, 2.45) is 0 Å². The lowest BCUT2D eigenvalue weighted by Crippen LogP contribution is -2.32. The van der Waals surface area contributed by atoms with Gasteiger partial charge in [-0.05, 0) is 31.2 Å². The Bertz CT molecular complexity index is 801. The number of ether oxygens (including phenoxy) is 1. The number of hydrogen-bond acceptors (Lipinski definition) is 6. The molecule has 0 unspecified atom stereocenters. The number of benzene rings is 1. The summed E-state index contributed by atoms with van der Waals surface area (Å²) in [6, 6.07) is 7.95. The number of nitrogens with zero attached hydrogens (tertiary/aromatic N) is 3. The van der Waals surface area contributed by atoms with E-state index in [2.05, 4.69) is 5.10 Å². The summed E-state index contributed by atoms with van der Waals surface area (Å²) in [5.74, 6) is -0.981. The van der Waals surface area contributed by atoms with E-state index in [-0.39, 0.29) is 11.1 Å². The normalized spacial score (nSPS) is 9.95. The van der Waals surface area contributed by atoms with Crippen molar-refractivity contribution < 1.29 is 14.6 Å². The third kappa shape index (κ3) is 2.47. The van der Waals surface area contributed by atoms with Gasteiger partial charge < -0.3 is 14.6 Å². The number of carboxylic acids is 1. The van der Waals surface area contributed by atoms with Crippen LogP contribution >= 0.6 is 0 Å². The van der Waals surface area contributed by atoms with E-state index in [1.54, 1.807) is 18.2 Å². The minimum absolute atomic E-state index is 0.00717. The highest BCUT2D eigenvalue weighted by atomic mass is 16.5. The van der Waals surface area contributed by atoms with Gasteiger partial charge in [0, 0.05) is 5.56 Å². The molecule has 7 heteroatoms. The molecular formula is C14H10N3O4-. The van der Waals surface area contributed by atoms with Crippen LogP contribution in [0.1, 0.15) is 21.6 Å². The summed E-state index contributed by atoms with van der Waals surface area (Å²) in [6.45, 7) is 1.34. The van der Waals surface area contributed by atoms with Crippen molar-refractivity contribution in [1.82, 2.24) is 9.78 Å². The lowest BCUT2D eigenvalue weighted by Gasteiger charge is -2.12. The van der Waals surface area contributed by atoms with Gasteiger partial charge in [-0.3, -0.25) is 4.79 Å². The fraction of sp³-hybridized carbons (Fsp3) is 0.143. The van der Waals surface area contributed by atoms with Crippen LogP contribution in [0.3, 0.4) is 0 Å². The summed E-state index contributed by atoms with van der Waals surface area (Å²) >= 11 is 0. The Kier molecular flexibility index (Phi) is 3.71. The van der Waals surface area contributed by atoms with Crippen LogP contribution in [-0.2, 0) is 0 Å². The third-order valence-corrected chi connectivity index (χ3v) is 2.96. The van der Waals surface area contributed by atoms with Crippen LogP contribution < -0.4 is 15.4 Å². The van der Waals surface area contributed by atoms with Crippen LogP contribution in [0.2, 0.25) is 0 Å². The Morgan fingerprint density at radius 1 is 1.38 bits per heavy atom. The van der Waals surface area contributed by atoms with E-state index in [1.165, 1.54) is 26.2 Å². The number of nitriles is 1. The zero-order valence-corrected chi connectivity index (χ0v) is 11.3. The van der Waals surface area contributed by atoms with Gasteiger partial charge in [-0.25, -0.2) is 0 Å². The van der Waals surface area contributed by atoms with E-state index < -0.39 is 17.2 Å². The molecule has 0 atom stereocenters. The van der Waals surface area contributed by atoms with E-state index in [0.717, 1.165) is 4.68 Å². The second-order valence-corrected chi connectivity index (χ2v) is 4.16. The fourth-order valence-corrected chi connectivity index (χ4v) is 1.83. The van der Waals surface area contributed by atoms with E-state index >= 15 is 0 Å². The van der Waals surface area contributed by atoms with Gasteiger partial charge in [-0.1, -0.05) is 0 Å². The molecular weight excluding hydrogens is 274 g/mol. The Hall–Kier alpha value is -3.14. The summed E-state index contributed by atoms with van der Waals surface area (Å²) in [6.07, 6.45) is 0. The SMILES string of the molecule is COc1ccc(-n2nc(C(=O)[O-])c(C)c(C#N)c2=O)cc1. The number of aromatic nitrogens is 2. The first-order chi connectivity index (χ1) is 9.99. The third-order valence-electron chi connectivity index (χ3n) is 2.96. The van der Waals surface area contributed by atoms with Gasteiger partial charge in [0.1, 0.15) is 23.1 Å². The molecule has 0 aliphatic heterocycles. The summed E-state index contributed by atoms with van der Waals surface area (Å²) < 4.78 is 5.85. The van der Waals surface area contributed by atoms with E-state index in [0.29, 0.717) is 11.4 Å². The first-order valence-electron chi connectivity index (χ1n) is 5.89. The van der Waals surface area contributed by atoms with Crippen molar-refractivity contribution in [2.45, 2.75) is 6.92 Å². The van der Waals surface area contributed by atoms with Gasteiger partial charge in [-0.2, -0.15) is 15.0 Å². The topological polar surface area (TPSA) is 108 Å². The number of rotatable bonds is 3. The molecule has 0 bridgehead atoms. The first kappa shape index (κ1) is 14.3. The summed E-state index contributed by atoms with van der Waals surface area (Å²) in [7, 11) is 1.49. The monoisotopic (exact) mass is 284 g/mol. The molecule has 0 saturated carbocycles. The smallest absolute Gasteiger partial charge is 0.289 e. The highest BCUT2D eigenvalue weighted by Gasteiger charge is 2.15. The van der Waals surface area contributed by atoms with Crippen LogP contribution in [0.4, 0.5) is 0 Å². The van der Waals surface area contributed by atoms with Crippen molar-refractivity contribution in [2.75, 3.05) is 7.11 Å². The molecule has 1 aromatic heterocycles. The Labute approximate surface area is 119 Å². The summed E-state index contributed by atoms with van der Waals surface area (Å²) in [5, 5.41) is 23.9. The number of carbonyl (C=O) groups is 1. The van der Waals surface area contributed by atoms with Gasteiger partial charge in [0.05, 0.1) is 18.8 Å². The zero-order chi connectivity index (χ0) is 15.6. The zero-order valence-electron chi connectivity index (χ0n) is 11.3. The largest absolute Gasteiger partial charge is 0.543 e. The number of aromatic carboxylic acids is 1. The van der Waals surface area contributed by atoms with Gasteiger partial charge in [0.15, 0.2) is 0 Å². The average molecular weight is 284 g/mol. The molecule has 106 valence electrons. The van der Waals surface area contributed by atoms with E-state index in [1.807, 2.05) is 0 Å². The maximum absolute atomic E-state index is 12.2. The van der Waals surface area contributed by atoms with Gasteiger partial charge in [0.25, 0.3) is 5.56 Å². The first-order valence-corrected chi connectivity index (χ1v) is 5.89. The minimum atomic E-state index is -1.55. The molecule has 21 heavy (non-hydrogen) atoms. The lowest BCUT2D eigenvalue weighted by atomic mass is 10.1. The van der Waals surface area contributed by atoms with Crippen LogP contribution in [0.25, 0.3) is 5.69 Å². The molecule has 0 amide bonds. The van der Waals surface area contributed by atoms with Crippen LogP contribution in [-0.4, -0.2) is 22.9 Å². The second kappa shape index (κ2) is 5.46. The van der Waals surface area contributed by atoms with Gasteiger partial charge >= 0.3 is 0 Å². The quantitative estimate of drug-likeness (QED) is 0.771. The van der Waals surface area contributed by atoms with Crippen molar-refractivity contribution in [1.29, 1.82) is 5.26 Å². The van der Waals surface area contributed by atoms with Gasteiger partial charge in [-0.15, -0.1) is 0 Å². The Morgan fingerprint density at radius 3 is 2.48 bits per heavy atom. The molecule has 0 aliphatic rings. The molecule has 2 rings (SSSR count). The molecule has 1 aromatic carbocycles. The molecule has 7 nitrogen and oxygen atoms in total. The lowest BCUT2D eigenvalue weighted by molar-refractivity contribution is -0.255. The predicted octanol–water partition coefficient (Wildman–Crippen LogP) is -0.215. The maximum atomic E-state index is 12.2. The average Bonchev–Trinajstić information content (AvgIpc) is 2.48. The Morgan fingerprint density at radius 2 is 2.00 bits per heavy atom. The van der Waals surface area contributed by atoms with Crippen LogP contribution in [0.5, 0.6) is 5.75 Å². The molecule has 0 spiro atoms. The molecule has 2 aromatic rings.